The molecule has 0 aliphatic carbocycles. The fourth-order valence-corrected chi connectivity index (χ4v) is 3.90. The summed E-state index contributed by atoms with van der Waals surface area (Å²) in [7, 11) is -4.25. The molecule has 0 spiro atoms. The average Bonchev–Trinajstić information content (AvgIpc) is 2.71. The average molecular weight is 579 g/mol. The summed E-state index contributed by atoms with van der Waals surface area (Å²) >= 11 is 1.95. The molecule has 0 bridgehead atoms. The first-order chi connectivity index (χ1) is 14.4. The predicted octanol–water partition coefficient (Wildman–Crippen LogP) is 2.55. The SMILES string of the molecule is CCCCCCCCC(NCCCCCC(=O)Oc1ccc(S(=O)(=O)O)cc1)OI.[H-].[Na+]. The van der Waals surface area contributed by atoms with Gasteiger partial charge in [-0.3, -0.25) is 17.7 Å². The number of carbonyl (C=O) groups excluding carboxylic acids is 1. The Morgan fingerprint density at radius 2 is 1.68 bits per heavy atom. The third kappa shape index (κ3) is 15.7. The van der Waals surface area contributed by atoms with Gasteiger partial charge in [-0.25, -0.2) is 0 Å². The van der Waals surface area contributed by atoms with Crippen molar-refractivity contribution in [1.82, 2.24) is 5.32 Å². The van der Waals surface area contributed by atoms with E-state index in [-0.39, 0.29) is 53.8 Å². The van der Waals surface area contributed by atoms with Gasteiger partial charge in [-0.2, -0.15) is 8.42 Å². The number of hydrogen-bond acceptors (Lipinski definition) is 6. The van der Waals surface area contributed by atoms with Gasteiger partial charge < -0.3 is 6.16 Å². The molecule has 0 saturated carbocycles. The summed E-state index contributed by atoms with van der Waals surface area (Å²) in [6.07, 6.45) is 11.6. The van der Waals surface area contributed by atoms with Crippen LogP contribution in [-0.2, 0) is 18.0 Å². The van der Waals surface area contributed by atoms with Crippen molar-refractivity contribution in [2.75, 3.05) is 6.54 Å². The molecule has 10 heteroatoms. The standard InChI is InChI=1S/C21H34INO6S.Na.H/c1-2-3-4-5-6-8-11-20(29-22)23-17-10-7-9-12-21(24)28-18-13-15-19(16-14-18)30(25,26)27;;/h13-16,20,23H,2-12,17H2,1H3,(H,25,26,27);;/q;+1;-1. The number of nitrogens with one attached hydrogen (secondary N) is 1. The maximum atomic E-state index is 11.9. The number of unbranched alkanes of at least 4 members (excludes halogenated alkanes) is 7. The summed E-state index contributed by atoms with van der Waals surface area (Å²) in [6, 6.07) is 5.08. The van der Waals surface area contributed by atoms with Crippen LogP contribution in [0.5, 0.6) is 5.75 Å². The van der Waals surface area contributed by atoms with Crippen LogP contribution in [0, 0.1) is 0 Å². The Labute approximate surface area is 224 Å². The van der Waals surface area contributed by atoms with Crippen LogP contribution in [0.25, 0.3) is 0 Å². The summed E-state index contributed by atoms with van der Waals surface area (Å²) in [4.78, 5) is 11.6. The number of halogens is 1. The number of ether oxygens (including phenoxy) is 1. The molecule has 2 N–H and O–H groups in total. The second-order valence-electron chi connectivity index (χ2n) is 7.32. The molecule has 1 aromatic carbocycles. The molecule has 7 nitrogen and oxygen atoms in total. The number of rotatable bonds is 17. The van der Waals surface area contributed by atoms with Crippen molar-refractivity contribution in [2.45, 2.75) is 88.7 Å². The van der Waals surface area contributed by atoms with E-state index in [0.29, 0.717) is 6.42 Å². The maximum Gasteiger partial charge on any atom is 1.00 e. The van der Waals surface area contributed by atoms with Crippen LogP contribution in [0.1, 0.15) is 79.0 Å². The molecule has 1 rings (SSSR count). The summed E-state index contributed by atoms with van der Waals surface area (Å²) in [5, 5.41) is 3.40. The molecule has 0 aliphatic rings. The van der Waals surface area contributed by atoms with Gasteiger partial charge >= 0.3 is 35.5 Å². The molecule has 1 aromatic rings. The Kier molecular flexibility index (Phi) is 18.8. The van der Waals surface area contributed by atoms with Crippen LogP contribution in [0.3, 0.4) is 0 Å². The summed E-state index contributed by atoms with van der Waals surface area (Å²) < 4.78 is 41.5. The smallest absolute Gasteiger partial charge is 1.00 e. The Morgan fingerprint density at radius 3 is 2.29 bits per heavy atom. The summed E-state index contributed by atoms with van der Waals surface area (Å²) in [5.41, 5.74) is 0. The normalized spacial score (nSPS) is 12.2. The maximum absolute atomic E-state index is 11.9. The molecule has 0 amide bonds. The molecular weight excluding hydrogens is 544 g/mol. The second-order valence-corrected chi connectivity index (χ2v) is 9.25. The molecular formula is C21H35INNaO6S. The van der Waals surface area contributed by atoms with Crippen molar-refractivity contribution in [1.29, 1.82) is 0 Å². The molecule has 0 aliphatic heterocycles. The van der Waals surface area contributed by atoms with Crippen LogP contribution in [0.4, 0.5) is 0 Å². The van der Waals surface area contributed by atoms with Crippen LogP contribution < -0.4 is 39.6 Å². The van der Waals surface area contributed by atoms with Gasteiger partial charge in [-0.1, -0.05) is 45.4 Å². The molecule has 0 heterocycles. The Bertz CT molecular complexity index is 709. The van der Waals surface area contributed by atoms with Crippen LogP contribution in [0.2, 0.25) is 0 Å². The topological polar surface area (TPSA) is 102 Å². The van der Waals surface area contributed by atoms with E-state index < -0.39 is 10.1 Å². The molecule has 1 unspecified atom stereocenters. The Morgan fingerprint density at radius 1 is 1.06 bits per heavy atom. The van der Waals surface area contributed by atoms with Crippen LogP contribution in [-0.4, -0.2) is 31.7 Å². The first-order valence-corrected chi connectivity index (χ1v) is 13.0. The van der Waals surface area contributed by atoms with Gasteiger partial charge in [0.15, 0.2) is 0 Å². The number of benzene rings is 1. The molecule has 174 valence electrons. The second kappa shape index (κ2) is 18.7. The zero-order chi connectivity index (χ0) is 22.2. The van der Waals surface area contributed by atoms with E-state index in [1.165, 1.54) is 62.8 Å². The van der Waals surface area contributed by atoms with E-state index in [2.05, 4.69) is 12.2 Å². The van der Waals surface area contributed by atoms with Crippen LogP contribution in [0.15, 0.2) is 29.2 Å². The predicted molar refractivity (Wildman–Crippen MR) is 126 cm³/mol. The van der Waals surface area contributed by atoms with Gasteiger partial charge in [0, 0.05) is 6.42 Å². The van der Waals surface area contributed by atoms with E-state index in [1.807, 2.05) is 23.0 Å². The van der Waals surface area contributed by atoms with E-state index in [1.54, 1.807) is 0 Å². The quantitative estimate of drug-likeness (QED) is 0.0557. The van der Waals surface area contributed by atoms with Crippen LogP contribution >= 0.6 is 23.0 Å². The van der Waals surface area contributed by atoms with Crippen molar-refractivity contribution in [3.63, 3.8) is 0 Å². The number of carbonyl (C=O) groups is 1. The first kappa shape index (κ1) is 31.2. The van der Waals surface area contributed by atoms with Gasteiger partial charge in [0.25, 0.3) is 10.1 Å². The van der Waals surface area contributed by atoms with E-state index in [4.69, 9.17) is 12.4 Å². The van der Waals surface area contributed by atoms with Gasteiger partial charge in [0.2, 0.25) is 0 Å². The fraction of sp³-hybridized carbons (Fsp3) is 0.667. The molecule has 1 atom stereocenters. The minimum atomic E-state index is -4.25. The summed E-state index contributed by atoms with van der Waals surface area (Å²) in [6.45, 7) is 3.07. The van der Waals surface area contributed by atoms with Crippen molar-refractivity contribution < 1.29 is 56.6 Å². The molecule has 31 heavy (non-hydrogen) atoms. The molecule has 0 fully saturated rings. The van der Waals surface area contributed by atoms with Gasteiger partial charge in [-0.15, -0.1) is 0 Å². The van der Waals surface area contributed by atoms with Gasteiger partial charge in [-0.05, 0) is 56.5 Å². The van der Waals surface area contributed by atoms with Crippen molar-refractivity contribution in [3.8, 4) is 5.75 Å². The molecule has 0 saturated heterocycles. The van der Waals surface area contributed by atoms with Gasteiger partial charge in [0.05, 0.1) is 4.90 Å². The third-order valence-corrected chi connectivity index (χ3v) is 6.19. The summed E-state index contributed by atoms with van der Waals surface area (Å²) in [5.74, 6) is -0.107. The van der Waals surface area contributed by atoms with E-state index in [9.17, 15) is 13.2 Å². The zero-order valence-corrected chi connectivity index (χ0v) is 23.6. The van der Waals surface area contributed by atoms with Crippen molar-refractivity contribution >= 4 is 39.1 Å². The monoisotopic (exact) mass is 579 g/mol. The largest absolute Gasteiger partial charge is 1.00 e. The van der Waals surface area contributed by atoms with E-state index in [0.717, 1.165) is 32.2 Å². The first-order valence-electron chi connectivity index (χ1n) is 10.7. The Hall–Kier alpha value is 0.250. The zero-order valence-electron chi connectivity index (χ0n) is 19.6. The molecule has 0 aromatic heterocycles. The third-order valence-electron chi connectivity index (χ3n) is 4.71. The van der Waals surface area contributed by atoms with Crippen molar-refractivity contribution in [3.05, 3.63) is 24.3 Å². The van der Waals surface area contributed by atoms with E-state index >= 15 is 0 Å². The van der Waals surface area contributed by atoms with Gasteiger partial charge in [0.1, 0.15) is 35.0 Å². The number of esters is 1. The minimum Gasteiger partial charge on any atom is -1.00 e. The fourth-order valence-electron chi connectivity index (χ4n) is 2.98. The Balaban J connectivity index is 0. The minimum absolute atomic E-state index is 0. The molecule has 0 radical (unpaired) electrons. The number of hydrogen-bond donors (Lipinski definition) is 2. The van der Waals surface area contributed by atoms with Crippen molar-refractivity contribution in [2.24, 2.45) is 0 Å².